The van der Waals surface area contributed by atoms with Crippen LogP contribution in [0.2, 0.25) is 5.54 Å². The summed E-state index contributed by atoms with van der Waals surface area (Å²) in [7, 11) is -12.8. The Hall–Kier alpha value is 2.12. The molecule has 1 saturated heterocycles. The average molecular weight is 609 g/mol. The zero-order valence-electron chi connectivity index (χ0n) is 16.5. The molecule has 0 aromatic heterocycles. The highest BCUT2D eigenvalue weighted by Gasteiger charge is 2.20. The molecule has 0 aliphatic carbocycles. The Morgan fingerprint density at radius 3 is 1.00 bits per heavy atom. The van der Waals surface area contributed by atoms with E-state index in [1.54, 1.807) is 0 Å². The van der Waals surface area contributed by atoms with E-state index in [0.717, 1.165) is 6.42 Å². The monoisotopic (exact) mass is 608 g/mol. The lowest BCUT2D eigenvalue weighted by Crippen LogP contribution is -2.33. The fourth-order valence-corrected chi connectivity index (χ4v) is 26.0. The lowest BCUT2D eigenvalue weighted by Gasteiger charge is -2.22. The third-order valence-electron chi connectivity index (χ3n) is 3.24. The third-order valence-corrected chi connectivity index (χ3v) is 21.7. The van der Waals surface area contributed by atoms with Crippen LogP contribution < -0.4 is 0 Å². The molecule has 28 heavy (non-hydrogen) atoms. The van der Waals surface area contributed by atoms with Gasteiger partial charge in [-0.05, 0) is 5.54 Å². The van der Waals surface area contributed by atoms with Crippen LogP contribution in [-0.4, -0.2) is 119 Å². The summed E-state index contributed by atoms with van der Waals surface area (Å²) in [5, 5.41) is 0. The van der Waals surface area contributed by atoms with Gasteiger partial charge in [-0.3, -0.25) is 0 Å². The van der Waals surface area contributed by atoms with Crippen LogP contribution in [-0.2, 0) is 49.4 Å². The molecule has 0 amide bonds. The summed E-state index contributed by atoms with van der Waals surface area (Å²) in [5.41, 5.74) is 0.429. The standard InChI is InChI=1S/C4H32O12Si12/c1-3-4(2)28-15-26-13-24-11-22-9-20-7-18-5-17-6-19-8-21-10-23-12-25-14-27-16-28/h4,28H,3,17-27H2,1-2H3. The number of hydrogen-bond acceptors (Lipinski definition) is 12. The Labute approximate surface area is 193 Å². The van der Waals surface area contributed by atoms with Crippen molar-refractivity contribution in [3.63, 3.8) is 0 Å². The van der Waals surface area contributed by atoms with E-state index in [4.69, 9.17) is 49.4 Å². The van der Waals surface area contributed by atoms with Gasteiger partial charge in [0.1, 0.15) is 0 Å². The molecule has 1 heterocycles. The van der Waals surface area contributed by atoms with E-state index in [1.165, 1.54) is 0 Å². The molecule has 0 aromatic carbocycles. The quantitative estimate of drug-likeness (QED) is 0.278. The van der Waals surface area contributed by atoms with Gasteiger partial charge in [0.25, 0.3) is 110 Å². The highest BCUT2D eigenvalue weighted by atomic mass is 28.4. The Morgan fingerprint density at radius 2 is 0.750 bits per heavy atom. The summed E-state index contributed by atoms with van der Waals surface area (Å²) in [4.78, 5) is 0. The topological polar surface area (TPSA) is 111 Å². The van der Waals surface area contributed by atoms with E-state index in [9.17, 15) is 0 Å². The maximum Gasteiger partial charge on any atom is 0.305 e. The van der Waals surface area contributed by atoms with Gasteiger partial charge in [-0.1, -0.05) is 20.3 Å². The molecule has 0 radical (unpaired) electrons. The van der Waals surface area contributed by atoms with Crippen molar-refractivity contribution in [2.45, 2.75) is 25.8 Å². The predicted octanol–water partition coefficient (Wildman–Crippen LogP) is -9.79. The average Bonchev–Trinajstić information content (AvgIpc) is 2.71. The van der Waals surface area contributed by atoms with Crippen LogP contribution in [0.15, 0.2) is 0 Å². The summed E-state index contributed by atoms with van der Waals surface area (Å²) in [6.45, 7) is 4.31. The number of hydrogen-bond donors (Lipinski definition) is 0. The van der Waals surface area contributed by atoms with Crippen LogP contribution in [0.4, 0.5) is 0 Å². The normalized spacial score (nSPS) is 35.6. The molecule has 1 unspecified atom stereocenters. The zero-order valence-corrected chi connectivity index (χ0v) is 33.3. The molecule has 0 spiro atoms. The molecule has 12 nitrogen and oxygen atoms in total. The van der Waals surface area contributed by atoms with Crippen LogP contribution in [0.3, 0.4) is 0 Å². The minimum Gasteiger partial charge on any atom is -0.425 e. The van der Waals surface area contributed by atoms with Crippen LogP contribution in [0.1, 0.15) is 20.3 Å². The first-order valence-electron chi connectivity index (χ1n) is 8.85. The first-order chi connectivity index (χ1) is 13.8. The van der Waals surface area contributed by atoms with Crippen LogP contribution in [0, 0.1) is 0 Å². The van der Waals surface area contributed by atoms with Gasteiger partial charge in [0.15, 0.2) is 0 Å². The molecule has 1 rings (SSSR count). The zero-order chi connectivity index (χ0) is 20.1. The molecule has 0 aromatic rings. The molecule has 1 aliphatic heterocycles. The second-order valence-electron chi connectivity index (χ2n) is 5.42. The van der Waals surface area contributed by atoms with E-state index >= 15 is 0 Å². The Balaban J connectivity index is 2.23. The van der Waals surface area contributed by atoms with Crippen molar-refractivity contribution in [2.75, 3.05) is 0 Å². The van der Waals surface area contributed by atoms with E-state index in [1.807, 2.05) is 0 Å². The Kier molecular flexibility index (Phi) is 22.4. The van der Waals surface area contributed by atoms with Crippen LogP contribution in [0.5, 0.6) is 0 Å². The SMILES string of the molecule is CCC(C)[SiH]1O[SiH2]O[SiH2]O[SiH2]O[SiH2]O[SiH2]O[SiH2]O[SiH2]O[SiH2]O[SiH2]O[SiH2]O[SiH2]O1. The van der Waals surface area contributed by atoms with E-state index in [-0.39, 0.29) is 0 Å². The molecule has 0 N–H and O–H groups in total. The Morgan fingerprint density at radius 1 is 0.500 bits per heavy atom. The van der Waals surface area contributed by atoms with Crippen LogP contribution in [0.25, 0.3) is 0 Å². The summed E-state index contributed by atoms with van der Waals surface area (Å²) < 4.78 is 67.0. The summed E-state index contributed by atoms with van der Waals surface area (Å²) >= 11 is 0. The van der Waals surface area contributed by atoms with Gasteiger partial charge in [-0.15, -0.1) is 0 Å². The summed E-state index contributed by atoms with van der Waals surface area (Å²) in [5.74, 6) is 0. The van der Waals surface area contributed by atoms with Gasteiger partial charge in [-0.2, -0.15) is 0 Å². The molecule has 1 aliphatic rings. The summed E-state index contributed by atoms with van der Waals surface area (Å²) in [6.07, 6.45) is 1.03. The van der Waals surface area contributed by atoms with Gasteiger partial charge in [0, 0.05) is 0 Å². The maximum absolute atomic E-state index is 5.97. The van der Waals surface area contributed by atoms with Crippen molar-refractivity contribution < 1.29 is 49.4 Å². The van der Waals surface area contributed by atoms with Gasteiger partial charge >= 0.3 is 9.28 Å². The Bertz CT molecular complexity index is 311. The minimum atomic E-state index is -1.75. The van der Waals surface area contributed by atoms with Gasteiger partial charge < -0.3 is 49.4 Å². The molecule has 168 valence electrons. The van der Waals surface area contributed by atoms with Crippen molar-refractivity contribution >= 4 is 119 Å². The smallest absolute Gasteiger partial charge is 0.305 e. The lowest BCUT2D eigenvalue weighted by molar-refractivity contribution is 0.335. The second kappa shape index (κ2) is 22.3. The minimum absolute atomic E-state index is 0.429. The largest absolute Gasteiger partial charge is 0.425 e. The van der Waals surface area contributed by atoms with E-state index in [2.05, 4.69) is 13.8 Å². The second-order valence-corrected chi connectivity index (χ2v) is 28.9. The molecule has 1 fully saturated rings. The maximum atomic E-state index is 5.97. The summed E-state index contributed by atoms with van der Waals surface area (Å²) in [6, 6.07) is 0. The molecular weight excluding hydrogens is 577 g/mol. The van der Waals surface area contributed by atoms with E-state index < -0.39 is 119 Å². The fourth-order valence-electron chi connectivity index (χ4n) is 1.67. The molecule has 0 saturated carbocycles. The van der Waals surface area contributed by atoms with Crippen molar-refractivity contribution in [3.05, 3.63) is 0 Å². The van der Waals surface area contributed by atoms with Crippen molar-refractivity contribution in [1.82, 2.24) is 0 Å². The highest BCUT2D eigenvalue weighted by molar-refractivity contribution is 6.59. The lowest BCUT2D eigenvalue weighted by atomic mass is 10.4. The molecular formula is C4H32O12Si12. The predicted molar refractivity (Wildman–Crippen MR) is 134 cm³/mol. The molecule has 0 bridgehead atoms. The van der Waals surface area contributed by atoms with Gasteiger partial charge in [-0.25, -0.2) is 0 Å². The van der Waals surface area contributed by atoms with Crippen molar-refractivity contribution in [1.29, 1.82) is 0 Å². The molecule has 1 atom stereocenters. The highest BCUT2D eigenvalue weighted by Crippen LogP contribution is 2.14. The van der Waals surface area contributed by atoms with E-state index in [0.29, 0.717) is 5.54 Å². The van der Waals surface area contributed by atoms with Crippen LogP contribution >= 0.6 is 0 Å². The fraction of sp³-hybridized carbons (Fsp3) is 1.00. The van der Waals surface area contributed by atoms with Crippen molar-refractivity contribution in [2.24, 2.45) is 0 Å². The van der Waals surface area contributed by atoms with Gasteiger partial charge in [0.2, 0.25) is 0 Å². The van der Waals surface area contributed by atoms with Gasteiger partial charge in [0.05, 0.1) is 0 Å². The first-order valence-corrected chi connectivity index (χ1v) is 23.2. The first kappa shape index (κ1) is 28.2. The molecule has 24 heteroatoms. The third kappa shape index (κ3) is 17.8. The van der Waals surface area contributed by atoms with Crippen molar-refractivity contribution in [3.8, 4) is 0 Å². The number of rotatable bonds is 2.